The van der Waals surface area contributed by atoms with Gasteiger partial charge in [-0.15, -0.1) is 11.3 Å². The number of aromatic nitrogens is 3. The molecule has 2 amide bonds. The van der Waals surface area contributed by atoms with Gasteiger partial charge in [-0.1, -0.05) is 24.3 Å². The number of carbonyl (C=O) groups is 1. The number of halogens is 2. The fraction of sp³-hybridized carbons (Fsp3) is 0.226. The van der Waals surface area contributed by atoms with Crippen LogP contribution in [0.25, 0.3) is 26.5 Å². The van der Waals surface area contributed by atoms with E-state index in [1.165, 1.54) is 36.8 Å². The van der Waals surface area contributed by atoms with Crippen molar-refractivity contribution in [2.75, 3.05) is 39.6 Å². The van der Waals surface area contributed by atoms with Crippen molar-refractivity contribution in [1.29, 1.82) is 0 Å². The zero-order valence-corrected chi connectivity index (χ0v) is 27.6. The van der Waals surface area contributed by atoms with E-state index >= 15 is 0 Å². The Hall–Kier alpha value is -4.65. The van der Waals surface area contributed by atoms with Gasteiger partial charge in [-0.2, -0.15) is 0 Å². The number of fused-ring (bicyclic) bond motifs is 1. The quantitative estimate of drug-likeness (QED) is 0.132. The minimum absolute atomic E-state index is 0.0287. The van der Waals surface area contributed by atoms with Crippen molar-refractivity contribution in [2.24, 2.45) is 0 Å². The lowest BCUT2D eigenvalue weighted by atomic mass is 10.1. The molecule has 0 bridgehead atoms. The molecular formula is C31H31F2N7O6S2. The molecule has 3 heterocycles. The summed E-state index contributed by atoms with van der Waals surface area (Å²) in [7, 11) is 4.56. The van der Waals surface area contributed by atoms with E-state index in [2.05, 4.69) is 20.6 Å². The highest BCUT2D eigenvalue weighted by atomic mass is 32.2. The molecule has 3 aromatic heterocycles. The molecule has 5 aromatic rings. The topological polar surface area (TPSA) is 151 Å². The lowest BCUT2D eigenvalue weighted by Gasteiger charge is -2.20. The first-order valence-corrected chi connectivity index (χ1v) is 16.2. The normalized spacial score (nSPS) is 12.2. The summed E-state index contributed by atoms with van der Waals surface area (Å²) in [6.45, 7) is 0.184. The van der Waals surface area contributed by atoms with Crippen molar-refractivity contribution in [3.63, 3.8) is 0 Å². The van der Waals surface area contributed by atoms with E-state index in [9.17, 15) is 31.9 Å². The molecule has 17 heteroatoms. The van der Waals surface area contributed by atoms with Gasteiger partial charge in [-0.3, -0.25) is 18.8 Å². The van der Waals surface area contributed by atoms with Gasteiger partial charge in [-0.05, 0) is 54.6 Å². The first-order valence-electron chi connectivity index (χ1n) is 14.4. The number of rotatable bonds is 12. The number of pyridine rings is 1. The smallest absolute Gasteiger partial charge is 0.306 e. The van der Waals surface area contributed by atoms with Crippen molar-refractivity contribution in [2.45, 2.75) is 13.1 Å². The van der Waals surface area contributed by atoms with Crippen molar-refractivity contribution >= 4 is 44.5 Å². The first kappa shape index (κ1) is 34.7. The number of urea groups is 1. The predicted molar refractivity (Wildman–Crippen MR) is 179 cm³/mol. The maximum absolute atomic E-state index is 15.0. The number of nitrogens with zero attached hydrogens (tertiary/aromatic N) is 5. The van der Waals surface area contributed by atoms with Crippen LogP contribution in [-0.2, 0) is 29.2 Å². The molecular weight excluding hydrogens is 669 g/mol. The Morgan fingerprint density at radius 3 is 2.35 bits per heavy atom. The Morgan fingerprint density at radius 1 is 1.02 bits per heavy atom. The number of likely N-dealkylation sites (N-methyl/N-ethyl adjacent to an activating group) is 2. The Kier molecular flexibility index (Phi) is 10.9. The summed E-state index contributed by atoms with van der Waals surface area (Å²) in [6.07, 6.45) is 1.42. The van der Waals surface area contributed by atoms with Crippen LogP contribution >= 0.6 is 11.3 Å². The van der Waals surface area contributed by atoms with Crippen molar-refractivity contribution < 1.29 is 27.2 Å². The van der Waals surface area contributed by atoms with Gasteiger partial charge in [0.05, 0.1) is 19.0 Å². The van der Waals surface area contributed by atoms with Gasteiger partial charge in [0.15, 0.2) is 0 Å². The first-order chi connectivity index (χ1) is 23.0. The van der Waals surface area contributed by atoms with Crippen LogP contribution in [0.2, 0.25) is 0 Å². The third kappa shape index (κ3) is 7.40. The summed E-state index contributed by atoms with van der Waals surface area (Å²) in [5, 5.41) is 2.76. The van der Waals surface area contributed by atoms with Crippen LogP contribution in [0, 0.1) is 11.6 Å². The SMILES string of the molecule is CONC(=O)Nc1ccc(-c2sc3c(c2CN(C)CCN(C)S(=O)O)c(=O)n(-c2ccccn2)c(=O)n3Cc2c(F)cccc2F)cc1. The van der Waals surface area contributed by atoms with Crippen LogP contribution in [0.15, 0.2) is 76.4 Å². The van der Waals surface area contributed by atoms with Crippen molar-refractivity contribution in [1.82, 2.24) is 28.8 Å². The molecule has 252 valence electrons. The molecule has 13 nitrogen and oxygen atoms in total. The molecule has 0 aliphatic rings. The third-order valence-corrected chi connectivity index (χ3v) is 9.44. The molecule has 2 aromatic carbocycles. The second-order valence-electron chi connectivity index (χ2n) is 10.6. The number of amides is 2. The highest BCUT2D eigenvalue weighted by molar-refractivity contribution is 7.76. The fourth-order valence-electron chi connectivity index (χ4n) is 5.01. The monoisotopic (exact) mass is 699 g/mol. The van der Waals surface area contributed by atoms with Gasteiger partial charge >= 0.3 is 11.7 Å². The summed E-state index contributed by atoms with van der Waals surface area (Å²) in [5.74, 6) is -1.68. The average Bonchev–Trinajstić information content (AvgIpc) is 3.43. The van der Waals surface area contributed by atoms with E-state index in [0.29, 0.717) is 28.2 Å². The van der Waals surface area contributed by atoms with Gasteiger partial charge in [0, 0.05) is 49.0 Å². The Morgan fingerprint density at radius 2 is 1.73 bits per heavy atom. The molecule has 1 atom stereocenters. The second-order valence-corrected chi connectivity index (χ2v) is 12.7. The third-order valence-electron chi connectivity index (χ3n) is 7.42. The molecule has 0 aliphatic heterocycles. The molecule has 0 spiro atoms. The maximum Gasteiger partial charge on any atom is 0.343 e. The van der Waals surface area contributed by atoms with Gasteiger partial charge < -0.3 is 10.2 Å². The maximum atomic E-state index is 15.0. The van der Waals surface area contributed by atoms with Gasteiger partial charge in [0.25, 0.3) is 5.56 Å². The average molecular weight is 700 g/mol. The summed E-state index contributed by atoms with van der Waals surface area (Å²) >= 11 is -1.08. The number of carbonyl (C=O) groups excluding carboxylic acids is 1. The largest absolute Gasteiger partial charge is 0.343 e. The van der Waals surface area contributed by atoms with E-state index < -0.39 is 46.7 Å². The summed E-state index contributed by atoms with van der Waals surface area (Å²) in [5.41, 5.74) is 1.88. The van der Waals surface area contributed by atoms with Gasteiger partial charge in [0.2, 0.25) is 11.3 Å². The van der Waals surface area contributed by atoms with E-state index in [1.54, 1.807) is 43.4 Å². The van der Waals surface area contributed by atoms with E-state index in [-0.39, 0.29) is 34.7 Å². The highest BCUT2D eigenvalue weighted by Crippen LogP contribution is 2.38. The van der Waals surface area contributed by atoms with Crippen LogP contribution in [0.3, 0.4) is 0 Å². The van der Waals surface area contributed by atoms with Crippen LogP contribution in [-0.4, -0.2) is 72.4 Å². The lowest BCUT2D eigenvalue weighted by molar-refractivity contribution is 0.114. The number of nitrogens with one attached hydrogen (secondary N) is 2. The summed E-state index contributed by atoms with van der Waals surface area (Å²) in [6, 6.07) is 14.2. The molecule has 0 fully saturated rings. The Labute approximate surface area is 279 Å². The van der Waals surface area contributed by atoms with E-state index in [1.807, 2.05) is 4.90 Å². The minimum atomic E-state index is -2.18. The second kappa shape index (κ2) is 15.1. The Bertz CT molecular complexity index is 2070. The summed E-state index contributed by atoms with van der Waals surface area (Å²) < 4.78 is 54.1. The molecule has 48 heavy (non-hydrogen) atoms. The standard InChI is InChI=1S/C31H31F2N7O6S2/c1-37(15-16-38(2)48(44)45)17-22-26-28(41)40(25-9-4-5-14-34-25)31(43)39(18-21-23(32)7-6-8-24(21)33)29(26)47-27(22)19-10-12-20(13-11-19)35-30(42)36-46-3/h4-14H,15-18H2,1-3H3,(H,44,45)(H2,35,36,42). The van der Waals surface area contributed by atoms with Gasteiger partial charge in [0.1, 0.15) is 22.3 Å². The highest BCUT2D eigenvalue weighted by Gasteiger charge is 2.26. The van der Waals surface area contributed by atoms with Crippen molar-refractivity contribution in [3.05, 3.63) is 110 Å². The van der Waals surface area contributed by atoms with E-state index in [0.717, 1.165) is 32.6 Å². The van der Waals surface area contributed by atoms with Crippen molar-refractivity contribution in [3.8, 4) is 16.3 Å². The molecule has 3 N–H and O–H groups in total. The molecule has 0 saturated carbocycles. The molecule has 0 aliphatic carbocycles. The van der Waals surface area contributed by atoms with Crippen LogP contribution < -0.4 is 22.0 Å². The number of hydrogen-bond donors (Lipinski definition) is 3. The Balaban J connectivity index is 1.75. The number of thiophene rings is 1. The number of hydrogen-bond acceptors (Lipinski definition) is 8. The number of benzene rings is 2. The zero-order chi connectivity index (χ0) is 34.5. The lowest BCUT2D eigenvalue weighted by Crippen LogP contribution is -2.39. The van der Waals surface area contributed by atoms with E-state index in [4.69, 9.17) is 0 Å². The molecule has 1 unspecified atom stereocenters. The molecule has 5 rings (SSSR count). The minimum Gasteiger partial charge on any atom is -0.306 e. The molecule has 0 radical (unpaired) electrons. The number of anilines is 1. The molecule has 0 saturated heterocycles. The van der Waals surface area contributed by atoms with Crippen LogP contribution in [0.1, 0.15) is 11.1 Å². The fourth-order valence-corrected chi connectivity index (χ4v) is 6.55. The zero-order valence-electron chi connectivity index (χ0n) is 26.0. The van der Waals surface area contributed by atoms with Gasteiger partial charge in [-0.25, -0.2) is 41.9 Å². The van der Waals surface area contributed by atoms with Crippen LogP contribution in [0.5, 0.6) is 0 Å². The number of hydroxylamine groups is 1. The summed E-state index contributed by atoms with van der Waals surface area (Å²) in [4.78, 5) is 51.8. The predicted octanol–water partition coefficient (Wildman–Crippen LogP) is 3.79. The van der Waals surface area contributed by atoms with Crippen LogP contribution in [0.4, 0.5) is 19.3 Å².